The van der Waals surface area contributed by atoms with Gasteiger partial charge in [0, 0.05) is 24.7 Å². The number of fused-ring (bicyclic) bond motifs is 4. The normalized spacial score (nSPS) is 58.7. The van der Waals surface area contributed by atoms with Gasteiger partial charge in [-0.05, 0) is 112 Å². The molecule has 244 valence electrons. The largest absolute Gasteiger partial charge is 0.346 e. The molecule has 8 saturated heterocycles. The van der Waals surface area contributed by atoms with E-state index in [4.69, 9.17) is 38.5 Å². The van der Waals surface area contributed by atoms with Crippen molar-refractivity contribution in [1.82, 2.24) is 0 Å². The minimum atomic E-state index is -0.710. The van der Waals surface area contributed by atoms with E-state index in [1.165, 1.54) is 12.8 Å². The molecule has 2 saturated carbocycles. The van der Waals surface area contributed by atoms with E-state index < -0.39 is 22.8 Å². The Balaban J connectivity index is 0.894. The Morgan fingerprint density at radius 3 is 1.44 bits per heavy atom. The highest BCUT2D eigenvalue weighted by atomic mass is 32.2. The highest BCUT2D eigenvalue weighted by Crippen LogP contribution is 2.62. The van der Waals surface area contributed by atoms with E-state index in [1.54, 1.807) is 0 Å². The molecule has 16 atom stereocenters. The summed E-state index contributed by atoms with van der Waals surface area (Å²) in [6.45, 7) is 13.5. The fraction of sp³-hybridized carbons (Fsp3) is 1.00. The Morgan fingerprint density at radius 2 is 1.00 bits per heavy atom. The van der Waals surface area contributed by atoms with Crippen molar-refractivity contribution in [3.05, 3.63) is 0 Å². The Kier molecular flexibility index (Phi) is 7.61. The van der Waals surface area contributed by atoms with E-state index in [9.17, 15) is 0 Å². The van der Waals surface area contributed by atoms with Crippen molar-refractivity contribution in [3.63, 3.8) is 0 Å². The van der Waals surface area contributed by atoms with Gasteiger partial charge in [0.1, 0.15) is 0 Å². The Morgan fingerprint density at radius 1 is 0.558 bits per heavy atom. The second-order valence-corrected chi connectivity index (χ2v) is 17.3. The summed E-state index contributed by atoms with van der Waals surface area (Å²) in [4.78, 5) is 24.7. The van der Waals surface area contributed by atoms with E-state index in [1.807, 2.05) is 25.6 Å². The van der Waals surface area contributed by atoms with Crippen LogP contribution in [0.2, 0.25) is 0 Å². The minimum Gasteiger partial charge on any atom is -0.346 e. The van der Waals surface area contributed by atoms with E-state index in [-0.39, 0.29) is 24.8 Å². The molecule has 2 aliphatic carbocycles. The van der Waals surface area contributed by atoms with Gasteiger partial charge in [0.15, 0.2) is 23.8 Å². The fourth-order valence-electron chi connectivity index (χ4n) is 11.1. The molecule has 43 heavy (non-hydrogen) atoms. The van der Waals surface area contributed by atoms with Crippen LogP contribution in [0.5, 0.6) is 0 Å². The van der Waals surface area contributed by atoms with Crippen LogP contribution in [0.15, 0.2) is 0 Å². The molecule has 0 N–H and O–H groups in total. The van der Waals surface area contributed by atoms with Crippen molar-refractivity contribution in [2.75, 3.05) is 11.5 Å². The number of hydrogen-bond acceptors (Lipinski definition) is 9. The highest BCUT2D eigenvalue weighted by Gasteiger charge is 2.70. The lowest BCUT2D eigenvalue weighted by Gasteiger charge is -2.60. The lowest BCUT2D eigenvalue weighted by atomic mass is 9.57. The summed E-state index contributed by atoms with van der Waals surface area (Å²) in [6, 6.07) is 0. The second kappa shape index (κ2) is 10.8. The van der Waals surface area contributed by atoms with Crippen molar-refractivity contribution in [3.8, 4) is 0 Å². The van der Waals surface area contributed by atoms with Crippen LogP contribution in [0.25, 0.3) is 0 Å². The average molecular weight is 623 g/mol. The predicted octanol–water partition coefficient (Wildman–Crippen LogP) is 7.00. The van der Waals surface area contributed by atoms with Crippen molar-refractivity contribution >= 4 is 11.8 Å². The number of rotatable bonds is 6. The molecule has 0 aromatic heterocycles. The molecular formula is C34H54O8S. The molecule has 0 radical (unpaired) electrons. The standard InChI is InChI=1S/C34H54O8S/c1-19-7-9-25-21(3)27(35-29-33(25)23(19)11-15-31(5,37-29)39-41-33)13-17-43-18-14-28-22(4)26-10-8-20(2)24-12-16-32(6)38-30(36-28)34(24,26)42-40-32/h19-30H,7-18H2,1-6H3/t19-,20-,21-,22-,23+,24+,25+,26+,27-,28-,29-,30-,31?,32?,33-,34-/m1/s1. The molecule has 4 bridgehead atoms. The summed E-state index contributed by atoms with van der Waals surface area (Å²) >= 11 is 2.03. The van der Waals surface area contributed by atoms with Crippen molar-refractivity contribution < 1.29 is 38.5 Å². The zero-order valence-electron chi connectivity index (χ0n) is 27.1. The van der Waals surface area contributed by atoms with Gasteiger partial charge in [0.2, 0.25) is 11.6 Å². The van der Waals surface area contributed by atoms with Crippen LogP contribution in [0.3, 0.4) is 0 Å². The van der Waals surface area contributed by atoms with E-state index in [0.717, 1.165) is 62.9 Å². The third-order valence-electron chi connectivity index (χ3n) is 13.7. The van der Waals surface area contributed by atoms with Crippen LogP contribution in [0.1, 0.15) is 106 Å². The van der Waals surface area contributed by atoms with Crippen LogP contribution in [0.4, 0.5) is 0 Å². The summed E-state index contributed by atoms with van der Waals surface area (Å²) in [5.74, 6) is 4.37. The number of ether oxygens (including phenoxy) is 4. The molecule has 0 amide bonds. The zero-order valence-corrected chi connectivity index (χ0v) is 27.9. The first-order chi connectivity index (χ1) is 20.6. The molecule has 2 spiro atoms. The fourth-order valence-corrected chi connectivity index (χ4v) is 12.1. The minimum absolute atomic E-state index is 0.174. The molecular weight excluding hydrogens is 568 g/mol. The van der Waals surface area contributed by atoms with Crippen LogP contribution >= 0.6 is 11.8 Å². The van der Waals surface area contributed by atoms with Crippen molar-refractivity contribution in [2.24, 2.45) is 47.3 Å². The summed E-state index contributed by atoms with van der Waals surface area (Å²) in [7, 11) is 0. The zero-order chi connectivity index (χ0) is 29.8. The first kappa shape index (κ1) is 30.4. The second-order valence-electron chi connectivity index (χ2n) is 16.1. The molecule has 2 unspecified atom stereocenters. The maximum Gasteiger partial charge on any atom is 0.201 e. The van der Waals surface area contributed by atoms with Crippen LogP contribution in [0, 0.1) is 47.3 Å². The maximum atomic E-state index is 6.83. The van der Waals surface area contributed by atoms with E-state index in [0.29, 0.717) is 47.3 Å². The molecule has 8 heterocycles. The van der Waals surface area contributed by atoms with Crippen LogP contribution < -0.4 is 0 Å². The lowest BCUT2D eigenvalue weighted by Crippen LogP contribution is -2.70. The first-order valence-electron chi connectivity index (χ1n) is 17.6. The van der Waals surface area contributed by atoms with E-state index >= 15 is 0 Å². The third kappa shape index (κ3) is 4.52. The summed E-state index contributed by atoms with van der Waals surface area (Å²) < 4.78 is 26.8. The van der Waals surface area contributed by atoms with Gasteiger partial charge in [-0.2, -0.15) is 11.8 Å². The predicted molar refractivity (Wildman–Crippen MR) is 160 cm³/mol. The van der Waals surface area contributed by atoms with Gasteiger partial charge >= 0.3 is 0 Å². The molecule has 0 aromatic carbocycles. The Hall–Kier alpha value is 0.0300. The molecule has 9 heteroatoms. The average Bonchev–Trinajstić information content (AvgIpc) is 3.35. The maximum absolute atomic E-state index is 6.83. The van der Waals surface area contributed by atoms with Gasteiger partial charge in [-0.3, -0.25) is 0 Å². The quantitative estimate of drug-likeness (QED) is 0.230. The first-order valence-corrected chi connectivity index (χ1v) is 18.7. The van der Waals surface area contributed by atoms with Gasteiger partial charge in [-0.15, -0.1) is 0 Å². The summed E-state index contributed by atoms with van der Waals surface area (Å²) in [6.07, 6.45) is 10.4. The smallest absolute Gasteiger partial charge is 0.201 e. The topological polar surface area (TPSA) is 73.8 Å². The Labute approximate surface area is 262 Å². The highest BCUT2D eigenvalue weighted by molar-refractivity contribution is 7.99. The number of hydrogen-bond donors (Lipinski definition) is 0. The molecule has 0 aromatic rings. The molecule has 8 nitrogen and oxygen atoms in total. The van der Waals surface area contributed by atoms with Crippen LogP contribution in [-0.4, -0.2) is 59.1 Å². The molecule has 10 fully saturated rings. The molecule has 10 aliphatic rings. The Bertz CT molecular complexity index is 983. The molecule has 8 aliphatic heterocycles. The SMILES string of the molecule is C[C@H]1[C@@H](CCSCC[C@H]2O[C@@H]3OC4(C)CC[C@H]5[C@H](C)CC[C@@H]([C@H]2C)[C@@]35OO4)O[C@@H]2OC3(C)CC[C@H]4[C@H](C)CC[C@@H]1[C@@]24OO3. The monoisotopic (exact) mass is 622 g/mol. The van der Waals surface area contributed by atoms with Gasteiger partial charge < -0.3 is 18.9 Å². The number of thioether (sulfide) groups is 1. The van der Waals surface area contributed by atoms with Gasteiger partial charge in [0.25, 0.3) is 0 Å². The third-order valence-corrected chi connectivity index (χ3v) is 14.7. The molecule has 10 rings (SSSR count). The lowest BCUT2D eigenvalue weighted by molar-refractivity contribution is -0.571. The van der Waals surface area contributed by atoms with Gasteiger partial charge in [0.05, 0.1) is 12.2 Å². The van der Waals surface area contributed by atoms with Crippen molar-refractivity contribution in [2.45, 2.75) is 153 Å². The van der Waals surface area contributed by atoms with Gasteiger partial charge in [-0.25, -0.2) is 19.6 Å². The van der Waals surface area contributed by atoms with Gasteiger partial charge in [-0.1, -0.05) is 27.7 Å². The van der Waals surface area contributed by atoms with Crippen molar-refractivity contribution in [1.29, 1.82) is 0 Å². The van der Waals surface area contributed by atoms with Crippen LogP contribution in [-0.2, 0) is 38.5 Å². The van der Waals surface area contributed by atoms with E-state index in [2.05, 4.69) is 27.7 Å². The summed E-state index contributed by atoms with van der Waals surface area (Å²) in [5.41, 5.74) is -0.937. The summed E-state index contributed by atoms with van der Waals surface area (Å²) in [5, 5.41) is 0.